The summed E-state index contributed by atoms with van der Waals surface area (Å²) in [6.45, 7) is 4.58. The summed E-state index contributed by atoms with van der Waals surface area (Å²) in [6.07, 6.45) is 9.66. The molecule has 0 nitrogen and oxygen atoms in total. The summed E-state index contributed by atoms with van der Waals surface area (Å²) in [4.78, 5) is 0. The van der Waals surface area contributed by atoms with Crippen LogP contribution in [-0.4, -0.2) is 0 Å². The molecule has 1 aliphatic carbocycles. The van der Waals surface area contributed by atoms with E-state index in [9.17, 15) is 0 Å². The zero-order valence-corrected chi connectivity index (χ0v) is 19.6. The normalized spacial score (nSPS) is 14.4. The van der Waals surface area contributed by atoms with Crippen LogP contribution in [0.15, 0.2) is 146 Å². The maximum absolute atomic E-state index is 4.58. The number of hydrogen-bond donors (Lipinski definition) is 0. The first-order valence-corrected chi connectivity index (χ1v) is 12.1. The molecule has 35 heavy (non-hydrogen) atoms. The summed E-state index contributed by atoms with van der Waals surface area (Å²) in [5, 5.41) is 4.99. The summed E-state index contributed by atoms with van der Waals surface area (Å²) in [6, 6.07) is 39.2. The number of rotatable bonds is 4. The maximum Gasteiger partial charge on any atom is -0.00697 e. The van der Waals surface area contributed by atoms with Crippen molar-refractivity contribution in [3.05, 3.63) is 168 Å². The smallest absolute Gasteiger partial charge is 0.00697 e. The third-order valence-electron chi connectivity index (χ3n) is 6.86. The van der Waals surface area contributed by atoms with E-state index in [4.69, 9.17) is 0 Å². The van der Waals surface area contributed by atoms with E-state index in [0.29, 0.717) is 0 Å². The zero-order chi connectivity index (χ0) is 23.6. The SMILES string of the molecule is C=C(c1ccc2ccccc2c1)c1ccccc1/C(=C1/C=CC=CC1)c1ccc2ccccc2c1. The Morgan fingerprint density at radius 3 is 1.77 bits per heavy atom. The fourth-order valence-corrected chi connectivity index (χ4v) is 5.05. The molecule has 0 saturated heterocycles. The van der Waals surface area contributed by atoms with Crippen molar-refractivity contribution in [2.75, 3.05) is 0 Å². The van der Waals surface area contributed by atoms with Gasteiger partial charge in [0.2, 0.25) is 0 Å². The molecule has 0 heterocycles. The van der Waals surface area contributed by atoms with Gasteiger partial charge in [-0.3, -0.25) is 0 Å². The van der Waals surface area contributed by atoms with Gasteiger partial charge in [0.15, 0.2) is 0 Å². The van der Waals surface area contributed by atoms with Crippen LogP contribution >= 0.6 is 0 Å². The van der Waals surface area contributed by atoms with Crippen molar-refractivity contribution in [3.8, 4) is 0 Å². The van der Waals surface area contributed by atoms with E-state index in [-0.39, 0.29) is 0 Å². The molecular weight excluding hydrogens is 420 g/mol. The van der Waals surface area contributed by atoms with Gasteiger partial charge < -0.3 is 0 Å². The van der Waals surface area contributed by atoms with Crippen molar-refractivity contribution >= 4 is 32.7 Å². The third-order valence-corrected chi connectivity index (χ3v) is 6.86. The maximum atomic E-state index is 4.58. The van der Waals surface area contributed by atoms with Crippen LogP contribution in [0.4, 0.5) is 0 Å². The zero-order valence-electron chi connectivity index (χ0n) is 19.6. The van der Waals surface area contributed by atoms with Crippen LogP contribution in [0.3, 0.4) is 0 Å². The summed E-state index contributed by atoms with van der Waals surface area (Å²) < 4.78 is 0. The van der Waals surface area contributed by atoms with E-state index in [0.717, 1.165) is 17.6 Å². The number of allylic oxidation sites excluding steroid dienone is 5. The molecule has 0 spiro atoms. The number of hydrogen-bond acceptors (Lipinski definition) is 0. The monoisotopic (exact) mass is 446 g/mol. The second-order valence-corrected chi connectivity index (χ2v) is 9.04. The minimum absolute atomic E-state index is 0.912. The number of fused-ring (bicyclic) bond motifs is 2. The Balaban J connectivity index is 1.54. The van der Waals surface area contributed by atoms with Gasteiger partial charge in [-0.15, -0.1) is 0 Å². The topological polar surface area (TPSA) is 0 Å². The molecule has 0 fully saturated rings. The lowest BCUT2D eigenvalue weighted by atomic mass is 9.84. The van der Waals surface area contributed by atoms with Crippen molar-refractivity contribution in [1.82, 2.24) is 0 Å². The molecule has 0 amide bonds. The molecule has 5 aromatic carbocycles. The van der Waals surface area contributed by atoms with Gasteiger partial charge in [0.1, 0.15) is 0 Å². The third kappa shape index (κ3) is 4.05. The van der Waals surface area contributed by atoms with Crippen LogP contribution in [-0.2, 0) is 0 Å². The Bertz CT molecular complexity index is 1670. The summed E-state index contributed by atoms with van der Waals surface area (Å²) in [5.41, 5.74) is 8.41. The predicted molar refractivity (Wildman–Crippen MR) is 151 cm³/mol. The lowest BCUT2D eigenvalue weighted by Gasteiger charge is -2.20. The van der Waals surface area contributed by atoms with E-state index in [1.165, 1.54) is 49.4 Å². The van der Waals surface area contributed by atoms with Gasteiger partial charge in [0.05, 0.1) is 0 Å². The summed E-state index contributed by atoms with van der Waals surface area (Å²) >= 11 is 0. The second-order valence-electron chi connectivity index (χ2n) is 9.04. The molecular formula is C35H26. The van der Waals surface area contributed by atoms with Crippen molar-refractivity contribution in [2.45, 2.75) is 6.42 Å². The van der Waals surface area contributed by atoms with Crippen LogP contribution in [0.25, 0.3) is 32.7 Å². The van der Waals surface area contributed by atoms with Gasteiger partial charge in [0.25, 0.3) is 0 Å². The Kier molecular flexibility index (Phi) is 5.48. The molecule has 0 N–H and O–H groups in total. The minimum atomic E-state index is 0.912. The average molecular weight is 447 g/mol. The van der Waals surface area contributed by atoms with Gasteiger partial charge in [-0.25, -0.2) is 0 Å². The Morgan fingerprint density at radius 2 is 1.11 bits per heavy atom. The molecule has 6 rings (SSSR count). The minimum Gasteiger partial charge on any atom is -0.0905 e. The molecule has 166 valence electrons. The highest BCUT2D eigenvalue weighted by atomic mass is 14.2. The van der Waals surface area contributed by atoms with E-state index >= 15 is 0 Å². The lowest BCUT2D eigenvalue weighted by molar-refractivity contribution is 1.26. The molecule has 1 aliphatic rings. The first-order chi connectivity index (χ1) is 17.3. The molecule has 0 aliphatic heterocycles. The predicted octanol–water partition coefficient (Wildman–Crippen LogP) is 9.37. The molecule has 0 unspecified atom stereocenters. The highest BCUT2D eigenvalue weighted by Crippen LogP contribution is 2.38. The van der Waals surface area contributed by atoms with Gasteiger partial charge in [0, 0.05) is 0 Å². The Labute approximate surface area is 206 Å². The lowest BCUT2D eigenvalue weighted by Crippen LogP contribution is -2.00. The largest absolute Gasteiger partial charge is 0.0905 e. The molecule has 0 bridgehead atoms. The van der Waals surface area contributed by atoms with E-state index in [2.05, 4.69) is 140 Å². The van der Waals surface area contributed by atoms with Crippen LogP contribution in [0.5, 0.6) is 0 Å². The van der Waals surface area contributed by atoms with E-state index < -0.39 is 0 Å². The molecule has 0 atom stereocenters. The van der Waals surface area contributed by atoms with Crippen molar-refractivity contribution in [1.29, 1.82) is 0 Å². The molecule has 5 aromatic rings. The van der Waals surface area contributed by atoms with Gasteiger partial charge >= 0.3 is 0 Å². The molecule has 0 radical (unpaired) electrons. The van der Waals surface area contributed by atoms with Crippen LogP contribution in [0.1, 0.15) is 28.7 Å². The standard InChI is InChI=1S/C35H26/c1-25(29-21-19-26-11-5-7-15-30(26)23-29)33-17-9-10-18-34(33)35(28-13-3-2-4-14-28)32-22-20-27-12-6-8-16-31(27)24-32/h2-13,15-24H,1,14H2/b35-28-. The highest BCUT2D eigenvalue weighted by Gasteiger charge is 2.17. The Hall–Kier alpha value is -4.42. The van der Waals surface area contributed by atoms with Crippen LogP contribution in [0, 0.1) is 0 Å². The average Bonchev–Trinajstić information content (AvgIpc) is 2.93. The second kappa shape index (κ2) is 9.08. The summed E-state index contributed by atoms with van der Waals surface area (Å²) in [5.74, 6) is 0. The van der Waals surface area contributed by atoms with Gasteiger partial charge in [-0.1, -0.05) is 128 Å². The van der Waals surface area contributed by atoms with E-state index in [1.807, 2.05) is 0 Å². The van der Waals surface area contributed by atoms with E-state index in [1.54, 1.807) is 0 Å². The molecule has 0 aromatic heterocycles. The highest BCUT2D eigenvalue weighted by molar-refractivity contribution is 5.97. The van der Waals surface area contributed by atoms with Gasteiger partial charge in [-0.05, 0) is 79.1 Å². The fourth-order valence-electron chi connectivity index (χ4n) is 5.05. The first kappa shape index (κ1) is 21.1. The fraction of sp³-hybridized carbons (Fsp3) is 0.0286. The quantitative estimate of drug-likeness (QED) is 0.258. The van der Waals surface area contributed by atoms with Crippen molar-refractivity contribution in [2.24, 2.45) is 0 Å². The molecule has 0 heteroatoms. The number of benzene rings is 5. The Morgan fingerprint density at radius 1 is 0.543 bits per heavy atom. The van der Waals surface area contributed by atoms with Crippen molar-refractivity contribution in [3.63, 3.8) is 0 Å². The van der Waals surface area contributed by atoms with Crippen LogP contribution in [0.2, 0.25) is 0 Å². The molecule has 0 saturated carbocycles. The first-order valence-electron chi connectivity index (χ1n) is 12.1. The van der Waals surface area contributed by atoms with Crippen molar-refractivity contribution < 1.29 is 0 Å². The summed E-state index contributed by atoms with van der Waals surface area (Å²) in [7, 11) is 0. The van der Waals surface area contributed by atoms with Crippen LogP contribution < -0.4 is 0 Å². The van der Waals surface area contributed by atoms with Gasteiger partial charge in [-0.2, -0.15) is 0 Å².